The topological polar surface area (TPSA) is 62.2 Å². The number of ether oxygens (including phenoxy) is 2. The lowest BCUT2D eigenvalue weighted by atomic mass is 9.76. The molecule has 2 N–H and O–H groups in total. The van der Waals surface area contributed by atoms with E-state index < -0.39 is 0 Å². The maximum Gasteiger partial charge on any atom is 0.172 e. The average molecular weight is 406 g/mol. The molecule has 0 fully saturated rings. The molecular weight excluding hydrogens is 386 g/mol. The predicted molar refractivity (Wildman–Crippen MR) is 98.8 cm³/mol. The highest BCUT2D eigenvalue weighted by atomic mass is 79.9. The third-order valence-electron chi connectivity index (χ3n) is 5.38. The third kappa shape index (κ3) is 2.24. The van der Waals surface area contributed by atoms with Crippen LogP contribution in [-0.2, 0) is 12.8 Å². The van der Waals surface area contributed by atoms with Crippen LogP contribution in [0.25, 0.3) is 11.1 Å². The molecule has 2 aliphatic rings. The van der Waals surface area contributed by atoms with Gasteiger partial charge in [-0.25, -0.2) is 0 Å². The van der Waals surface area contributed by atoms with E-state index in [9.17, 15) is 10.2 Å². The molecule has 5 nitrogen and oxygen atoms in total. The summed E-state index contributed by atoms with van der Waals surface area (Å²) in [6, 6.07) is 3.84. The maximum atomic E-state index is 10.5. The SMILES string of the molecule is COc1cc2c(c(Br)c1O)CC1c3c(cc(O)c(OC)c3-2)CCN1C. The van der Waals surface area contributed by atoms with Crippen molar-refractivity contribution in [2.75, 3.05) is 27.8 Å². The minimum absolute atomic E-state index is 0.0995. The van der Waals surface area contributed by atoms with Crippen LogP contribution in [0.1, 0.15) is 22.7 Å². The second kappa shape index (κ2) is 5.81. The Morgan fingerprint density at radius 3 is 2.64 bits per heavy atom. The highest BCUT2D eigenvalue weighted by Gasteiger charge is 2.37. The maximum absolute atomic E-state index is 10.5. The van der Waals surface area contributed by atoms with Crippen LogP contribution in [0.15, 0.2) is 16.6 Å². The van der Waals surface area contributed by atoms with Crippen molar-refractivity contribution in [3.63, 3.8) is 0 Å². The van der Waals surface area contributed by atoms with Crippen molar-refractivity contribution in [2.24, 2.45) is 0 Å². The van der Waals surface area contributed by atoms with Gasteiger partial charge in [-0.05, 0) is 70.2 Å². The molecule has 4 rings (SSSR count). The standard InChI is InChI=1S/C19H20BrNO4/c1-21-5-4-9-6-13(22)19(25-3)16-10-8-14(24-2)18(23)17(20)11(10)7-12(21)15(9)16/h6,8,12,22-23H,4-5,7H2,1-3H3. The van der Waals surface area contributed by atoms with Crippen LogP contribution < -0.4 is 9.47 Å². The molecule has 0 saturated carbocycles. The molecule has 0 radical (unpaired) electrons. The second-order valence-electron chi connectivity index (χ2n) is 6.59. The van der Waals surface area contributed by atoms with Crippen molar-refractivity contribution in [3.05, 3.63) is 33.3 Å². The fraction of sp³-hybridized carbons (Fsp3) is 0.368. The molecule has 0 spiro atoms. The number of phenols is 2. The van der Waals surface area contributed by atoms with Crippen molar-refractivity contribution in [1.82, 2.24) is 4.90 Å². The monoisotopic (exact) mass is 405 g/mol. The van der Waals surface area contributed by atoms with Crippen molar-refractivity contribution in [1.29, 1.82) is 0 Å². The van der Waals surface area contributed by atoms with Gasteiger partial charge >= 0.3 is 0 Å². The lowest BCUT2D eigenvalue weighted by Crippen LogP contribution is -2.35. The fourth-order valence-corrected chi connectivity index (χ4v) is 4.71. The van der Waals surface area contributed by atoms with E-state index in [0.29, 0.717) is 16.0 Å². The molecule has 6 heteroatoms. The van der Waals surface area contributed by atoms with E-state index in [1.807, 2.05) is 12.1 Å². The molecule has 0 amide bonds. The summed E-state index contributed by atoms with van der Waals surface area (Å²) >= 11 is 3.54. The molecule has 2 aromatic carbocycles. The molecule has 132 valence electrons. The Bertz CT molecular complexity index is 881. The van der Waals surface area contributed by atoms with Crippen molar-refractivity contribution >= 4 is 15.9 Å². The highest BCUT2D eigenvalue weighted by molar-refractivity contribution is 9.10. The number of phenolic OH excluding ortho intramolecular Hbond substituents is 2. The van der Waals surface area contributed by atoms with Gasteiger partial charge in [-0.2, -0.15) is 0 Å². The Balaban J connectivity index is 2.12. The molecule has 1 aliphatic heterocycles. The van der Waals surface area contributed by atoms with E-state index in [4.69, 9.17) is 9.47 Å². The van der Waals surface area contributed by atoms with Gasteiger partial charge in [-0.1, -0.05) is 0 Å². The number of benzene rings is 2. The normalized spacial score (nSPS) is 18.5. The summed E-state index contributed by atoms with van der Waals surface area (Å²) in [5.74, 6) is 1.12. The number of hydrogen-bond donors (Lipinski definition) is 2. The number of aromatic hydroxyl groups is 2. The van der Waals surface area contributed by atoms with Crippen LogP contribution in [0.2, 0.25) is 0 Å². The minimum Gasteiger partial charge on any atom is -0.504 e. The Kier molecular flexibility index (Phi) is 3.85. The van der Waals surface area contributed by atoms with Gasteiger partial charge in [-0.3, -0.25) is 4.90 Å². The van der Waals surface area contributed by atoms with Gasteiger partial charge in [0.25, 0.3) is 0 Å². The van der Waals surface area contributed by atoms with Gasteiger partial charge in [0.05, 0.1) is 18.7 Å². The first-order chi connectivity index (χ1) is 12.0. The Labute approximate surface area is 154 Å². The van der Waals surface area contributed by atoms with Crippen LogP contribution in [0.3, 0.4) is 0 Å². The zero-order valence-electron chi connectivity index (χ0n) is 14.4. The number of fused-ring (bicyclic) bond motifs is 2. The van der Waals surface area contributed by atoms with Crippen molar-refractivity contribution in [3.8, 4) is 34.1 Å². The van der Waals surface area contributed by atoms with Crippen LogP contribution in [0.5, 0.6) is 23.0 Å². The van der Waals surface area contributed by atoms with Gasteiger partial charge < -0.3 is 19.7 Å². The number of rotatable bonds is 2. The summed E-state index contributed by atoms with van der Waals surface area (Å²) in [6.45, 7) is 0.929. The summed E-state index contributed by atoms with van der Waals surface area (Å²) in [4.78, 5) is 2.32. The summed E-state index contributed by atoms with van der Waals surface area (Å²) in [5.41, 5.74) is 5.19. The van der Waals surface area contributed by atoms with Crippen LogP contribution >= 0.6 is 15.9 Å². The molecule has 0 bridgehead atoms. The zero-order chi connectivity index (χ0) is 17.9. The van der Waals surface area contributed by atoms with Gasteiger partial charge in [0.15, 0.2) is 23.0 Å². The Morgan fingerprint density at radius 1 is 1.20 bits per heavy atom. The summed E-state index contributed by atoms with van der Waals surface area (Å²) < 4.78 is 11.5. The first kappa shape index (κ1) is 16.5. The number of nitrogens with zero attached hydrogens (tertiary/aromatic N) is 1. The smallest absolute Gasteiger partial charge is 0.172 e. The fourth-order valence-electron chi connectivity index (χ4n) is 4.14. The first-order valence-electron chi connectivity index (χ1n) is 8.19. The largest absolute Gasteiger partial charge is 0.504 e. The highest BCUT2D eigenvalue weighted by Crippen LogP contribution is 2.55. The summed E-state index contributed by atoms with van der Waals surface area (Å²) in [6.07, 6.45) is 1.66. The molecule has 1 heterocycles. The molecule has 1 unspecified atom stereocenters. The number of halogens is 1. The van der Waals surface area contributed by atoms with Crippen LogP contribution in [0, 0.1) is 0 Å². The number of methoxy groups -OCH3 is 2. The van der Waals surface area contributed by atoms with Gasteiger partial charge in [0.1, 0.15) is 0 Å². The predicted octanol–water partition coefficient (Wildman–Crippen LogP) is 3.63. The van der Waals surface area contributed by atoms with Crippen molar-refractivity contribution in [2.45, 2.75) is 18.9 Å². The van der Waals surface area contributed by atoms with E-state index in [1.54, 1.807) is 7.11 Å². The molecule has 25 heavy (non-hydrogen) atoms. The van der Waals surface area contributed by atoms with E-state index in [-0.39, 0.29) is 17.5 Å². The van der Waals surface area contributed by atoms with E-state index in [2.05, 4.69) is 27.9 Å². The first-order valence-corrected chi connectivity index (χ1v) is 8.98. The molecule has 1 aliphatic carbocycles. The van der Waals surface area contributed by atoms with E-state index in [0.717, 1.165) is 41.6 Å². The molecule has 0 saturated heterocycles. The number of hydrogen-bond acceptors (Lipinski definition) is 5. The van der Waals surface area contributed by atoms with Gasteiger partial charge in [-0.15, -0.1) is 0 Å². The zero-order valence-corrected chi connectivity index (χ0v) is 16.0. The van der Waals surface area contributed by atoms with Crippen LogP contribution in [0.4, 0.5) is 0 Å². The van der Waals surface area contributed by atoms with E-state index >= 15 is 0 Å². The van der Waals surface area contributed by atoms with Gasteiger partial charge in [0.2, 0.25) is 0 Å². The van der Waals surface area contributed by atoms with Crippen LogP contribution in [-0.4, -0.2) is 42.9 Å². The number of likely N-dealkylation sites (N-methyl/N-ethyl adjacent to an activating group) is 1. The minimum atomic E-state index is 0.0995. The molecular formula is C19H20BrNO4. The average Bonchev–Trinajstić information content (AvgIpc) is 2.61. The molecule has 2 aromatic rings. The molecule has 0 aromatic heterocycles. The molecule has 1 atom stereocenters. The Hall–Kier alpha value is -1.92. The Morgan fingerprint density at radius 2 is 1.96 bits per heavy atom. The quantitative estimate of drug-likeness (QED) is 0.798. The summed E-state index contributed by atoms with van der Waals surface area (Å²) in [5, 5.41) is 20.9. The van der Waals surface area contributed by atoms with E-state index in [1.165, 1.54) is 12.7 Å². The van der Waals surface area contributed by atoms with Crippen molar-refractivity contribution < 1.29 is 19.7 Å². The lowest BCUT2D eigenvalue weighted by molar-refractivity contribution is 0.226. The lowest BCUT2D eigenvalue weighted by Gasteiger charge is -2.40. The summed E-state index contributed by atoms with van der Waals surface area (Å²) in [7, 11) is 5.21. The van der Waals surface area contributed by atoms with Gasteiger partial charge in [0, 0.05) is 18.2 Å². The third-order valence-corrected chi connectivity index (χ3v) is 6.24. The second-order valence-corrected chi connectivity index (χ2v) is 7.39.